The van der Waals surface area contributed by atoms with Gasteiger partial charge in [0.05, 0.1) is 59.7 Å². The first kappa shape index (κ1) is 39.6. The van der Waals surface area contributed by atoms with Crippen molar-refractivity contribution in [1.82, 2.24) is 9.47 Å². The summed E-state index contributed by atoms with van der Waals surface area (Å²) in [4.78, 5) is 46.7. The number of hydrogen-bond acceptors (Lipinski definition) is 7. The van der Waals surface area contributed by atoms with Crippen molar-refractivity contribution in [3.05, 3.63) is 147 Å². The van der Waals surface area contributed by atoms with Crippen LogP contribution in [0, 0.1) is 5.92 Å². The molecule has 12 heteroatoms. The lowest BCUT2D eigenvalue weighted by Crippen LogP contribution is -2.52. The first-order chi connectivity index (χ1) is 27.9. The number of aromatic nitrogens is 1. The van der Waals surface area contributed by atoms with Crippen LogP contribution in [-0.2, 0) is 39.4 Å². The van der Waals surface area contributed by atoms with Crippen molar-refractivity contribution in [1.29, 1.82) is 0 Å². The Labute approximate surface area is 344 Å². The number of nitrogens with zero attached hydrogens (tertiary/aromatic N) is 3. The summed E-state index contributed by atoms with van der Waals surface area (Å²) in [6.07, 6.45) is 1.67. The van der Waals surface area contributed by atoms with Crippen molar-refractivity contribution < 1.29 is 28.9 Å². The van der Waals surface area contributed by atoms with Crippen LogP contribution in [0.1, 0.15) is 35.6 Å². The third kappa shape index (κ3) is 6.63. The minimum Gasteiger partial charge on any atom is -0.497 e. The molecule has 0 unspecified atom stereocenters. The molecular weight excluding hydrogens is 770 g/mol. The monoisotopic (exact) mass is 817 g/mol. The Kier molecular flexibility index (Phi) is 10.6. The van der Waals surface area contributed by atoms with Crippen LogP contribution in [0.3, 0.4) is 0 Å². The number of pyridine rings is 1. The lowest BCUT2D eigenvalue weighted by Gasteiger charge is -2.39. The van der Waals surface area contributed by atoms with Crippen molar-refractivity contribution in [2.45, 2.75) is 69.2 Å². The lowest BCUT2D eigenvalue weighted by molar-refractivity contribution is -0.151. The van der Waals surface area contributed by atoms with Gasteiger partial charge in [0.1, 0.15) is 5.75 Å². The number of carbonyl (C=O) groups excluding carboxylic acids is 2. The Hall–Kier alpha value is -5.20. The maximum absolute atomic E-state index is 15.4. The average Bonchev–Trinajstić information content (AvgIpc) is 3.65. The highest BCUT2D eigenvalue weighted by Crippen LogP contribution is 2.60. The molecule has 4 heterocycles. The molecule has 10 nitrogen and oxygen atoms in total. The van der Waals surface area contributed by atoms with Gasteiger partial charge in [-0.1, -0.05) is 85.3 Å². The molecule has 5 atom stereocenters. The molecule has 1 saturated heterocycles. The molecular formula is C46H48ClN3O7Si. The molecule has 1 fully saturated rings. The van der Waals surface area contributed by atoms with Crippen molar-refractivity contribution in [3.63, 3.8) is 0 Å². The van der Waals surface area contributed by atoms with Gasteiger partial charge in [0.25, 0.3) is 11.5 Å². The summed E-state index contributed by atoms with van der Waals surface area (Å²) in [7, 11) is 0.540. The number of amides is 2. The Bertz CT molecular complexity index is 2440. The fraction of sp³-hybridized carbons (Fsp3) is 0.326. The summed E-state index contributed by atoms with van der Waals surface area (Å²) in [6.45, 7) is 7.09. The molecule has 1 aromatic heterocycles. The van der Waals surface area contributed by atoms with E-state index in [-0.39, 0.29) is 60.2 Å². The zero-order valence-corrected chi connectivity index (χ0v) is 35.1. The van der Waals surface area contributed by atoms with Crippen LogP contribution >= 0.6 is 11.6 Å². The van der Waals surface area contributed by atoms with Gasteiger partial charge < -0.3 is 29.1 Å². The number of carbonyl (C=O) groups is 2. The van der Waals surface area contributed by atoms with E-state index in [9.17, 15) is 14.7 Å². The minimum atomic E-state index is -2.57. The van der Waals surface area contributed by atoms with Crippen molar-refractivity contribution in [2.24, 2.45) is 5.92 Å². The number of fused-ring (bicyclic) bond motifs is 3. The van der Waals surface area contributed by atoms with E-state index in [1.54, 1.807) is 41.3 Å². The van der Waals surface area contributed by atoms with Gasteiger partial charge in [0.15, 0.2) is 11.4 Å². The average molecular weight is 818 g/mol. The highest BCUT2D eigenvalue weighted by Gasteiger charge is 2.66. The number of rotatable bonds is 10. The highest BCUT2D eigenvalue weighted by atomic mass is 35.5. The Balaban J connectivity index is 1.19. The Morgan fingerprint density at radius 3 is 2.41 bits per heavy atom. The van der Waals surface area contributed by atoms with E-state index in [1.807, 2.05) is 66.7 Å². The summed E-state index contributed by atoms with van der Waals surface area (Å²) in [5.74, 6) is 0.273. The molecule has 0 radical (unpaired) electrons. The molecule has 1 spiro atoms. The van der Waals surface area contributed by atoms with Crippen LogP contribution < -0.4 is 25.1 Å². The standard InChI is InChI=1S/C46H48ClN3O7Si/c1-29-43(58(4,5)37-18-16-36(55-2)17-19-37)41(25-42(52)49-27-32-12-7-6-11-31(32)23-35(49)28-51)57-46(29)38-24-33(47)15-20-39(38)50(45(46)54)26-30-10-8-13-34(22-30)48-21-9-14-40(56-3)44(48)53/h6-22,24,29,35,41,43,51H,23,25-28H2,1-5H3/t29-,35+,41+,43-,46+/m1/s1. The van der Waals surface area contributed by atoms with Crippen molar-refractivity contribution in [2.75, 3.05) is 25.7 Å². The van der Waals surface area contributed by atoms with Crippen molar-refractivity contribution >= 4 is 42.4 Å². The van der Waals surface area contributed by atoms with Crippen LogP contribution in [0.25, 0.3) is 5.69 Å². The number of ether oxygens (including phenoxy) is 3. The van der Waals surface area contributed by atoms with E-state index in [2.05, 4.69) is 38.2 Å². The molecule has 8 rings (SSSR count). The number of halogens is 1. The van der Waals surface area contributed by atoms with Gasteiger partial charge in [0, 0.05) is 34.9 Å². The number of hydrogen-bond donors (Lipinski definition) is 1. The van der Waals surface area contributed by atoms with Gasteiger partial charge in [-0.15, -0.1) is 0 Å². The van der Waals surface area contributed by atoms with E-state index < -0.39 is 19.8 Å². The molecule has 5 aromatic rings. The zero-order chi connectivity index (χ0) is 40.9. The summed E-state index contributed by atoms with van der Waals surface area (Å²) < 4.78 is 19.6. The number of aliphatic hydroxyl groups is 1. The van der Waals surface area contributed by atoms with Crippen LogP contribution in [-0.4, -0.2) is 67.4 Å². The second-order valence-corrected chi connectivity index (χ2v) is 21.3. The maximum atomic E-state index is 15.4. The largest absolute Gasteiger partial charge is 0.497 e. The van der Waals surface area contributed by atoms with Gasteiger partial charge >= 0.3 is 0 Å². The van der Waals surface area contributed by atoms with Crippen LogP contribution in [0.2, 0.25) is 23.7 Å². The second-order valence-electron chi connectivity index (χ2n) is 16.2. The van der Waals surface area contributed by atoms with E-state index in [0.717, 1.165) is 27.6 Å². The minimum absolute atomic E-state index is 0.0442. The van der Waals surface area contributed by atoms with Gasteiger partial charge in [-0.3, -0.25) is 19.0 Å². The fourth-order valence-electron chi connectivity index (χ4n) is 9.79. The van der Waals surface area contributed by atoms with Crippen LogP contribution in [0.15, 0.2) is 114 Å². The second kappa shape index (κ2) is 15.5. The molecule has 300 valence electrons. The lowest BCUT2D eigenvalue weighted by atomic mass is 9.82. The fourth-order valence-corrected chi connectivity index (χ4v) is 14.0. The highest BCUT2D eigenvalue weighted by molar-refractivity contribution is 6.91. The smallest absolute Gasteiger partial charge is 0.297 e. The van der Waals surface area contributed by atoms with Gasteiger partial charge in [-0.25, -0.2) is 0 Å². The normalized spacial score (nSPS) is 22.6. The molecule has 58 heavy (non-hydrogen) atoms. The summed E-state index contributed by atoms with van der Waals surface area (Å²) >= 11 is 6.75. The molecule has 4 aromatic carbocycles. The van der Waals surface area contributed by atoms with Gasteiger partial charge in [-0.05, 0) is 83.2 Å². The number of methoxy groups -OCH3 is 2. The molecule has 1 N–H and O–H groups in total. The molecule has 0 bridgehead atoms. The summed E-state index contributed by atoms with van der Waals surface area (Å²) in [5.41, 5.74) is 3.09. The summed E-state index contributed by atoms with van der Waals surface area (Å²) in [6, 6.07) is 32.2. The van der Waals surface area contributed by atoms with E-state index >= 15 is 4.79 Å². The van der Waals surface area contributed by atoms with Gasteiger partial charge in [-0.2, -0.15) is 0 Å². The van der Waals surface area contributed by atoms with Crippen LogP contribution in [0.4, 0.5) is 5.69 Å². The first-order valence-electron chi connectivity index (χ1n) is 19.7. The van der Waals surface area contributed by atoms with E-state index in [0.29, 0.717) is 34.9 Å². The first-order valence-corrected chi connectivity index (χ1v) is 23.1. The molecule has 2 amide bonds. The van der Waals surface area contributed by atoms with E-state index in [1.165, 1.54) is 11.7 Å². The van der Waals surface area contributed by atoms with Gasteiger partial charge in [0.2, 0.25) is 5.91 Å². The Morgan fingerprint density at radius 1 is 0.931 bits per heavy atom. The number of benzene rings is 4. The summed E-state index contributed by atoms with van der Waals surface area (Å²) in [5, 5.41) is 12.1. The zero-order valence-electron chi connectivity index (χ0n) is 33.4. The topological polar surface area (TPSA) is 111 Å². The molecule has 0 saturated carbocycles. The number of aliphatic hydroxyl groups excluding tert-OH is 1. The predicted molar refractivity (Wildman–Crippen MR) is 227 cm³/mol. The molecule has 3 aliphatic heterocycles. The number of anilines is 1. The molecule has 0 aliphatic carbocycles. The maximum Gasteiger partial charge on any atom is 0.297 e. The third-order valence-corrected chi connectivity index (χ3v) is 17.3. The third-order valence-electron chi connectivity index (χ3n) is 12.7. The predicted octanol–water partition coefficient (Wildman–Crippen LogP) is 6.61. The van der Waals surface area contributed by atoms with E-state index in [4.69, 9.17) is 25.8 Å². The quantitative estimate of drug-likeness (QED) is 0.158. The van der Waals surface area contributed by atoms with Crippen LogP contribution in [0.5, 0.6) is 11.5 Å². The molecule has 3 aliphatic rings. The Morgan fingerprint density at radius 2 is 1.69 bits per heavy atom. The van der Waals surface area contributed by atoms with Crippen molar-refractivity contribution in [3.8, 4) is 17.2 Å². The SMILES string of the molecule is COc1ccc([Si](C)(C)[C@H]2[C@H](CC(=O)N3Cc4ccccc4C[C@H]3CO)O[C@@]3(C(=O)N(Cc4cccc(-n5cccc(OC)c5=O)c4)c4ccc(Cl)cc43)[C@@H]2C)cc1.